The molecule has 1 aliphatic rings. The maximum absolute atomic E-state index is 12.2. The molecule has 1 aromatic carbocycles. The molecular formula is C16H18N4O3. The van der Waals surface area contributed by atoms with Gasteiger partial charge in [-0.1, -0.05) is 12.1 Å². The normalized spacial score (nSPS) is 17.3. The standard InChI is InChI=1S/C16H18N4O3/c1-23-13-4-2-11(3-5-13)9-20-10-12(8-15(20)21)16(22)18-14-6-7-17-19-14/h2-7,12H,8-10H2,1H3,(H2,17,18,19,22)/t12-/m1/s1. The summed E-state index contributed by atoms with van der Waals surface area (Å²) in [5, 5.41) is 9.18. The molecule has 1 fully saturated rings. The number of methoxy groups -OCH3 is 1. The third-order valence-electron chi connectivity index (χ3n) is 3.88. The third-order valence-corrected chi connectivity index (χ3v) is 3.88. The zero-order valence-corrected chi connectivity index (χ0v) is 12.8. The summed E-state index contributed by atoms with van der Waals surface area (Å²) in [6.07, 6.45) is 1.79. The van der Waals surface area contributed by atoms with Crippen LogP contribution >= 0.6 is 0 Å². The van der Waals surface area contributed by atoms with E-state index in [4.69, 9.17) is 4.74 Å². The van der Waals surface area contributed by atoms with Crippen LogP contribution in [0.1, 0.15) is 12.0 Å². The molecule has 2 N–H and O–H groups in total. The summed E-state index contributed by atoms with van der Waals surface area (Å²) in [6, 6.07) is 9.23. The molecule has 0 bridgehead atoms. The second-order valence-corrected chi connectivity index (χ2v) is 5.48. The second-order valence-electron chi connectivity index (χ2n) is 5.48. The largest absolute Gasteiger partial charge is 0.497 e. The van der Waals surface area contributed by atoms with E-state index < -0.39 is 0 Å². The first-order valence-corrected chi connectivity index (χ1v) is 7.36. The molecule has 7 nitrogen and oxygen atoms in total. The van der Waals surface area contributed by atoms with E-state index >= 15 is 0 Å². The van der Waals surface area contributed by atoms with Crippen LogP contribution in [0.4, 0.5) is 5.82 Å². The van der Waals surface area contributed by atoms with Gasteiger partial charge in [0.05, 0.1) is 19.2 Å². The summed E-state index contributed by atoms with van der Waals surface area (Å²) in [5.41, 5.74) is 1.01. The highest BCUT2D eigenvalue weighted by Gasteiger charge is 2.34. The molecule has 0 aliphatic carbocycles. The van der Waals surface area contributed by atoms with Gasteiger partial charge in [0.15, 0.2) is 0 Å². The molecule has 0 saturated carbocycles. The number of nitrogens with one attached hydrogen (secondary N) is 2. The fraction of sp³-hybridized carbons (Fsp3) is 0.312. The Hall–Kier alpha value is -2.83. The second kappa shape index (κ2) is 6.51. The van der Waals surface area contributed by atoms with Crippen LogP contribution in [-0.4, -0.2) is 40.6 Å². The highest BCUT2D eigenvalue weighted by molar-refractivity contribution is 5.96. The molecule has 2 aromatic rings. The number of likely N-dealkylation sites (tertiary alicyclic amines) is 1. The van der Waals surface area contributed by atoms with Crippen molar-refractivity contribution in [1.29, 1.82) is 0 Å². The lowest BCUT2D eigenvalue weighted by Gasteiger charge is -2.16. The lowest BCUT2D eigenvalue weighted by molar-refractivity contribution is -0.128. The van der Waals surface area contributed by atoms with Gasteiger partial charge < -0.3 is 15.0 Å². The van der Waals surface area contributed by atoms with Crippen molar-refractivity contribution in [3.8, 4) is 5.75 Å². The molecule has 1 aromatic heterocycles. The fourth-order valence-electron chi connectivity index (χ4n) is 2.61. The molecule has 2 heterocycles. The lowest BCUT2D eigenvalue weighted by atomic mass is 10.1. The molecule has 1 saturated heterocycles. The summed E-state index contributed by atoms with van der Waals surface area (Å²) in [4.78, 5) is 26.0. The van der Waals surface area contributed by atoms with Gasteiger partial charge in [-0.3, -0.25) is 14.7 Å². The van der Waals surface area contributed by atoms with E-state index in [1.807, 2.05) is 24.3 Å². The van der Waals surface area contributed by atoms with Crippen molar-refractivity contribution in [1.82, 2.24) is 15.1 Å². The Kier molecular flexibility index (Phi) is 4.27. The van der Waals surface area contributed by atoms with Crippen LogP contribution in [0.25, 0.3) is 0 Å². The van der Waals surface area contributed by atoms with Crippen molar-refractivity contribution in [2.24, 2.45) is 5.92 Å². The molecule has 7 heteroatoms. The predicted octanol–water partition coefficient (Wildman–Crippen LogP) is 1.41. The first-order chi connectivity index (χ1) is 11.2. The summed E-state index contributed by atoms with van der Waals surface area (Å²) in [5.74, 6) is 0.795. The quantitative estimate of drug-likeness (QED) is 0.873. The minimum absolute atomic E-state index is 0.00872. The van der Waals surface area contributed by atoms with Crippen LogP contribution in [0.5, 0.6) is 5.75 Å². The first kappa shape index (κ1) is 15.1. The van der Waals surface area contributed by atoms with Gasteiger partial charge in [0.25, 0.3) is 0 Å². The maximum atomic E-state index is 12.2. The van der Waals surface area contributed by atoms with Crippen molar-refractivity contribution in [3.05, 3.63) is 42.1 Å². The van der Waals surface area contributed by atoms with E-state index in [0.29, 0.717) is 18.9 Å². The van der Waals surface area contributed by atoms with Crippen LogP contribution < -0.4 is 10.1 Å². The predicted molar refractivity (Wildman–Crippen MR) is 83.7 cm³/mol. The highest BCUT2D eigenvalue weighted by atomic mass is 16.5. The summed E-state index contributed by atoms with van der Waals surface area (Å²) in [6.45, 7) is 0.918. The minimum Gasteiger partial charge on any atom is -0.497 e. The number of H-pyrrole nitrogens is 1. The average Bonchev–Trinajstić information content (AvgIpc) is 3.18. The van der Waals surface area contributed by atoms with Crippen molar-refractivity contribution < 1.29 is 14.3 Å². The number of hydrogen-bond acceptors (Lipinski definition) is 4. The van der Waals surface area contributed by atoms with Crippen LogP contribution in [0.15, 0.2) is 36.5 Å². The highest BCUT2D eigenvalue weighted by Crippen LogP contribution is 2.22. The van der Waals surface area contributed by atoms with E-state index in [9.17, 15) is 9.59 Å². The lowest BCUT2D eigenvalue weighted by Crippen LogP contribution is -2.28. The molecule has 3 rings (SSSR count). The Balaban J connectivity index is 1.59. The van der Waals surface area contributed by atoms with E-state index in [0.717, 1.165) is 11.3 Å². The smallest absolute Gasteiger partial charge is 0.230 e. The maximum Gasteiger partial charge on any atom is 0.230 e. The molecule has 1 atom stereocenters. The number of aromatic amines is 1. The van der Waals surface area contributed by atoms with E-state index in [1.165, 1.54) is 0 Å². The number of rotatable bonds is 5. The molecule has 2 amide bonds. The van der Waals surface area contributed by atoms with Crippen molar-refractivity contribution in [2.75, 3.05) is 19.0 Å². The molecule has 0 unspecified atom stereocenters. The first-order valence-electron chi connectivity index (χ1n) is 7.36. The van der Waals surface area contributed by atoms with Gasteiger partial charge in [-0.25, -0.2) is 0 Å². The number of amides is 2. The van der Waals surface area contributed by atoms with Gasteiger partial charge in [-0.05, 0) is 17.7 Å². The van der Waals surface area contributed by atoms with E-state index in [2.05, 4.69) is 15.5 Å². The van der Waals surface area contributed by atoms with E-state index in [1.54, 1.807) is 24.3 Å². The van der Waals surface area contributed by atoms with Crippen LogP contribution in [0.2, 0.25) is 0 Å². The van der Waals surface area contributed by atoms with Crippen LogP contribution in [0, 0.1) is 5.92 Å². The zero-order valence-electron chi connectivity index (χ0n) is 12.8. The SMILES string of the molecule is COc1ccc(CN2C[C@H](C(=O)Nc3ccn[nH]3)CC2=O)cc1. The molecular weight excluding hydrogens is 296 g/mol. The van der Waals surface area contributed by atoms with Gasteiger partial charge in [0.2, 0.25) is 11.8 Å². The van der Waals surface area contributed by atoms with Crippen LogP contribution in [-0.2, 0) is 16.1 Å². The van der Waals surface area contributed by atoms with Crippen molar-refractivity contribution in [2.45, 2.75) is 13.0 Å². The average molecular weight is 314 g/mol. The number of hydrogen-bond donors (Lipinski definition) is 2. The van der Waals surface area contributed by atoms with Crippen molar-refractivity contribution in [3.63, 3.8) is 0 Å². The van der Waals surface area contributed by atoms with Gasteiger partial charge in [-0.15, -0.1) is 0 Å². The molecule has 1 aliphatic heterocycles. The number of carbonyl (C=O) groups excluding carboxylic acids is 2. The van der Waals surface area contributed by atoms with Gasteiger partial charge in [-0.2, -0.15) is 5.10 Å². The molecule has 120 valence electrons. The van der Waals surface area contributed by atoms with Gasteiger partial charge in [0, 0.05) is 25.6 Å². The number of carbonyl (C=O) groups is 2. The topological polar surface area (TPSA) is 87.3 Å². The number of anilines is 1. The van der Waals surface area contributed by atoms with Crippen molar-refractivity contribution >= 4 is 17.6 Å². The Bertz CT molecular complexity index is 682. The Morgan fingerprint density at radius 1 is 1.39 bits per heavy atom. The fourth-order valence-corrected chi connectivity index (χ4v) is 2.61. The molecule has 23 heavy (non-hydrogen) atoms. The van der Waals surface area contributed by atoms with E-state index in [-0.39, 0.29) is 24.2 Å². The third kappa shape index (κ3) is 3.50. The zero-order chi connectivity index (χ0) is 16.2. The summed E-state index contributed by atoms with van der Waals surface area (Å²) < 4.78 is 5.12. The van der Waals surface area contributed by atoms with Gasteiger partial charge >= 0.3 is 0 Å². The monoisotopic (exact) mass is 314 g/mol. The Morgan fingerprint density at radius 3 is 2.83 bits per heavy atom. The van der Waals surface area contributed by atoms with Crippen LogP contribution in [0.3, 0.4) is 0 Å². The number of nitrogens with zero attached hydrogens (tertiary/aromatic N) is 2. The number of aromatic nitrogens is 2. The molecule has 0 spiro atoms. The summed E-state index contributed by atoms with van der Waals surface area (Å²) >= 11 is 0. The summed E-state index contributed by atoms with van der Waals surface area (Å²) in [7, 11) is 1.61. The minimum atomic E-state index is -0.343. The Morgan fingerprint density at radius 2 is 2.17 bits per heavy atom. The number of benzene rings is 1. The number of ether oxygens (including phenoxy) is 1. The van der Waals surface area contributed by atoms with Gasteiger partial charge in [0.1, 0.15) is 11.6 Å². The Labute approximate surface area is 133 Å². The molecule has 0 radical (unpaired) electrons.